The number of thiol groups is 2. The summed E-state index contributed by atoms with van der Waals surface area (Å²) >= 11 is 7.46. The summed E-state index contributed by atoms with van der Waals surface area (Å²) in [4.78, 5) is 0. The first-order chi connectivity index (χ1) is 3.33. The molecule has 0 saturated carbocycles. The minimum absolute atomic E-state index is 0.184. The first-order valence-corrected chi connectivity index (χ1v) is 3.42. The molecule has 3 heteroatoms. The Morgan fingerprint density at radius 3 is 1.57 bits per heavy atom. The molecular weight excluding hydrogens is 128 g/mol. The lowest BCUT2D eigenvalue weighted by atomic mass is 10.9. The van der Waals surface area contributed by atoms with Crippen LogP contribution in [0.4, 0.5) is 0 Å². The van der Waals surface area contributed by atoms with E-state index in [0.717, 1.165) is 5.75 Å². The van der Waals surface area contributed by atoms with E-state index in [0.29, 0.717) is 5.75 Å². The lowest BCUT2D eigenvalue weighted by Gasteiger charge is -1.69. The predicted molar refractivity (Wildman–Crippen MR) is 40.5 cm³/mol. The molecule has 0 aliphatic rings. The zero-order chi connectivity index (χ0) is 6.12. The summed E-state index contributed by atoms with van der Waals surface area (Å²) in [7, 11) is 0. The van der Waals surface area contributed by atoms with Crippen molar-refractivity contribution in [2.45, 2.75) is 6.92 Å². The van der Waals surface area contributed by atoms with Gasteiger partial charge in [0.2, 0.25) is 0 Å². The third-order valence-corrected chi connectivity index (χ3v) is 0.300. The Labute approximate surface area is 55.9 Å². The first kappa shape index (κ1) is 10.6. The van der Waals surface area contributed by atoms with E-state index in [4.69, 9.17) is 5.11 Å². The van der Waals surface area contributed by atoms with Crippen molar-refractivity contribution in [2.24, 2.45) is 0 Å². The lowest BCUT2D eigenvalue weighted by Crippen LogP contribution is -1.76. The number of hydrogen-bond acceptors (Lipinski definition) is 3. The fourth-order valence-corrected chi connectivity index (χ4v) is 0. The molecule has 0 rings (SSSR count). The molecule has 0 heterocycles. The van der Waals surface area contributed by atoms with Crippen molar-refractivity contribution >= 4 is 25.3 Å². The molecule has 0 bridgehead atoms. The Morgan fingerprint density at radius 1 is 1.43 bits per heavy atom. The fraction of sp³-hybridized carbons (Fsp3) is 1.00. The molecule has 0 spiro atoms. The zero-order valence-corrected chi connectivity index (χ0v) is 6.25. The monoisotopic (exact) mass is 140 g/mol. The van der Waals surface area contributed by atoms with Crippen LogP contribution in [0.15, 0.2) is 0 Å². The Hall–Kier alpha value is 0.660. The second kappa shape index (κ2) is 15.9. The molecule has 0 amide bonds. The maximum Gasteiger partial charge on any atom is 0.0519 e. The largest absolute Gasteiger partial charge is 0.396 e. The van der Waals surface area contributed by atoms with E-state index in [1.54, 1.807) is 0 Å². The van der Waals surface area contributed by atoms with Gasteiger partial charge in [-0.15, -0.1) is 0 Å². The molecule has 0 saturated heterocycles. The van der Waals surface area contributed by atoms with Gasteiger partial charge in [-0.05, 0) is 5.75 Å². The van der Waals surface area contributed by atoms with Crippen LogP contribution < -0.4 is 0 Å². The van der Waals surface area contributed by atoms with Crippen LogP contribution in [0.3, 0.4) is 0 Å². The Bertz CT molecular complexity index is 17.2. The molecule has 0 aromatic heterocycles. The molecular formula is C4H12OS2. The van der Waals surface area contributed by atoms with Gasteiger partial charge in [-0.1, -0.05) is 6.92 Å². The molecule has 0 aliphatic carbocycles. The molecule has 0 atom stereocenters. The van der Waals surface area contributed by atoms with Crippen molar-refractivity contribution in [3.63, 3.8) is 0 Å². The Balaban J connectivity index is 0. The van der Waals surface area contributed by atoms with Gasteiger partial charge in [0.25, 0.3) is 0 Å². The van der Waals surface area contributed by atoms with Crippen LogP contribution in [0.2, 0.25) is 0 Å². The van der Waals surface area contributed by atoms with Crippen LogP contribution in [-0.2, 0) is 0 Å². The van der Waals surface area contributed by atoms with Gasteiger partial charge in [0.15, 0.2) is 0 Å². The summed E-state index contributed by atoms with van der Waals surface area (Å²) in [5.74, 6) is 1.51. The van der Waals surface area contributed by atoms with E-state index in [1.807, 2.05) is 6.92 Å². The van der Waals surface area contributed by atoms with E-state index < -0.39 is 0 Å². The summed E-state index contributed by atoms with van der Waals surface area (Å²) < 4.78 is 0. The first-order valence-electron chi connectivity index (χ1n) is 2.16. The van der Waals surface area contributed by atoms with E-state index in [9.17, 15) is 0 Å². The second-order valence-corrected chi connectivity index (χ2v) is 1.84. The molecule has 0 radical (unpaired) electrons. The molecule has 0 unspecified atom stereocenters. The number of aliphatic hydroxyl groups excluding tert-OH is 1. The zero-order valence-electron chi connectivity index (χ0n) is 4.46. The maximum absolute atomic E-state index is 7.80. The summed E-state index contributed by atoms with van der Waals surface area (Å²) in [6.07, 6.45) is 0. The van der Waals surface area contributed by atoms with Gasteiger partial charge in [0.05, 0.1) is 6.61 Å². The van der Waals surface area contributed by atoms with Crippen LogP contribution in [0.5, 0.6) is 0 Å². The molecule has 1 nitrogen and oxygen atoms in total. The molecule has 46 valence electrons. The van der Waals surface area contributed by atoms with Gasteiger partial charge in [-0.25, -0.2) is 0 Å². The molecule has 0 fully saturated rings. The summed E-state index contributed by atoms with van der Waals surface area (Å²) in [6.45, 7) is 2.17. The highest BCUT2D eigenvalue weighted by Gasteiger charge is 1.57. The van der Waals surface area contributed by atoms with E-state index in [1.165, 1.54) is 0 Å². The van der Waals surface area contributed by atoms with E-state index in [2.05, 4.69) is 25.3 Å². The van der Waals surface area contributed by atoms with Gasteiger partial charge in [-0.3, -0.25) is 0 Å². The van der Waals surface area contributed by atoms with Crippen LogP contribution >= 0.6 is 25.3 Å². The summed E-state index contributed by atoms with van der Waals surface area (Å²) in [5.41, 5.74) is 0. The highest BCUT2D eigenvalue weighted by atomic mass is 32.1. The Morgan fingerprint density at radius 2 is 1.57 bits per heavy atom. The van der Waals surface area contributed by atoms with Crippen molar-refractivity contribution in [1.29, 1.82) is 0 Å². The lowest BCUT2D eigenvalue weighted by molar-refractivity contribution is 0.323. The highest BCUT2D eigenvalue weighted by molar-refractivity contribution is 7.80. The third kappa shape index (κ3) is 52.5. The minimum Gasteiger partial charge on any atom is -0.396 e. The van der Waals surface area contributed by atoms with E-state index in [-0.39, 0.29) is 6.61 Å². The smallest absolute Gasteiger partial charge is 0.0519 e. The quantitative estimate of drug-likeness (QED) is 0.461. The summed E-state index contributed by atoms with van der Waals surface area (Å²) in [5, 5.41) is 7.80. The molecule has 0 aromatic carbocycles. The second-order valence-electron chi connectivity index (χ2n) is 0.763. The minimum atomic E-state index is 0.184. The number of rotatable bonds is 1. The van der Waals surface area contributed by atoms with Crippen LogP contribution in [0, 0.1) is 0 Å². The van der Waals surface area contributed by atoms with Crippen LogP contribution in [0.1, 0.15) is 6.92 Å². The van der Waals surface area contributed by atoms with E-state index >= 15 is 0 Å². The van der Waals surface area contributed by atoms with Crippen molar-refractivity contribution in [2.75, 3.05) is 18.1 Å². The maximum atomic E-state index is 7.80. The van der Waals surface area contributed by atoms with Crippen molar-refractivity contribution in [3.05, 3.63) is 0 Å². The van der Waals surface area contributed by atoms with Crippen molar-refractivity contribution in [1.82, 2.24) is 0 Å². The molecule has 7 heavy (non-hydrogen) atoms. The van der Waals surface area contributed by atoms with Gasteiger partial charge in [0.1, 0.15) is 0 Å². The van der Waals surface area contributed by atoms with Crippen LogP contribution in [-0.4, -0.2) is 23.2 Å². The molecule has 0 aliphatic heterocycles. The third-order valence-electron chi connectivity index (χ3n) is 0.1000. The standard InChI is InChI=1S/C2H6OS.C2H6S/c3-1-2-4;1-2-3/h3-4H,1-2H2;3H,2H2,1H3. The highest BCUT2D eigenvalue weighted by Crippen LogP contribution is 1.61. The van der Waals surface area contributed by atoms with Gasteiger partial charge < -0.3 is 5.11 Å². The average Bonchev–Trinajstić information content (AvgIpc) is 1.69. The fourth-order valence-electron chi connectivity index (χ4n) is 0. The van der Waals surface area contributed by atoms with Crippen molar-refractivity contribution in [3.8, 4) is 0 Å². The molecule has 0 aromatic rings. The Kier molecular flexibility index (Phi) is 24.1. The average molecular weight is 140 g/mol. The predicted octanol–water partition coefficient (Wildman–Crippen LogP) is 0.845. The topological polar surface area (TPSA) is 20.2 Å². The normalized spacial score (nSPS) is 6.86. The number of aliphatic hydroxyl groups is 1. The van der Waals surface area contributed by atoms with Crippen LogP contribution in [0.25, 0.3) is 0 Å². The van der Waals surface area contributed by atoms with Gasteiger partial charge >= 0.3 is 0 Å². The molecule has 1 N–H and O–H groups in total. The summed E-state index contributed by atoms with van der Waals surface area (Å²) in [6, 6.07) is 0. The SMILES string of the molecule is CCS.OCCS. The van der Waals surface area contributed by atoms with Gasteiger partial charge in [-0.2, -0.15) is 25.3 Å². The van der Waals surface area contributed by atoms with Crippen molar-refractivity contribution < 1.29 is 5.11 Å². The number of hydrogen-bond donors (Lipinski definition) is 3. The van der Waals surface area contributed by atoms with Gasteiger partial charge in [0, 0.05) is 5.75 Å².